The number of piperidine rings is 1. The summed E-state index contributed by atoms with van der Waals surface area (Å²) in [5.41, 5.74) is 0.738. The van der Waals surface area contributed by atoms with Gasteiger partial charge in [-0.3, -0.25) is 18.9 Å². The molecule has 2 N–H and O–H groups in total. The van der Waals surface area contributed by atoms with E-state index in [9.17, 15) is 14.7 Å². The summed E-state index contributed by atoms with van der Waals surface area (Å²) in [5.74, 6) is -0.388. The Bertz CT molecular complexity index is 967. The van der Waals surface area contributed by atoms with Gasteiger partial charge < -0.3 is 14.9 Å². The smallest absolute Gasteiger partial charge is 0.273 e. The Balaban J connectivity index is 1.45. The van der Waals surface area contributed by atoms with Crippen LogP contribution in [0.3, 0.4) is 0 Å². The van der Waals surface area contributed by atoms with E-state index in [1.54, 1.807) is 6.20 Å². The van der Waals surface area contributed by atoms with E-state index in [-0.39, 0.29) is 17.2 Å². The normalized spacial score (nSPS) is 21.1. The number of amides is 1. The van der Waals surface area contributed by atoms with Crippen LogP contribution < -0.4 is 10.9 Å². The molecule has 136 valence electrons. The minimum absolute atomic E-state index is 0.112. The molecule has 1 aliphatic heterocycles. The van der Waals surface area contributed by atoms with E-state index in [1.165, 1.54) is 34.1 Å². The number of nitrogens with one attached hydrogen (secondary N) is 1. The van der Waals surface area contributed by atoms with Gasteiger partial charge in [-0.2, -0.15) is 0 Å². The summed E-state index contributed by atoms with van der Waals surface area (Å²) in [7, 11) is 0. The van der Waals surface area contributed by atoms with Gasteiger partial charge in [0, 0.05) is 43.3 Å². The van der Waals surface area contributed by atoms with Crippen molar-refractivity contribution in [3.63, 3.8) is 0 Å². The van der Waals surface area contributed by atoms with Crippen LogP contribution in [0.25, 0.3) is 4.96 Å². The van der Waals surface area contributed by atoms with Gasteiger partial charge in [0.05, 0.1) is 17.8 Å². The van der Waals surface area contributed by atoms with Crippen molar-refractivity contribution in [2.24, 2.45) is 0 Å². The number of nitrogens with zero attached hydrogens (tertiary/aromatic N) is 4. The lowest BCUT2D eigenvalue weighted by Gasteiger charge is -2.36. The summed E-state index contributed by atoms with van der Waals surface area (Å²) in [6.45, 7) is 1.59. The van der Waals surface area contributed by atoms with Gasteiger partial charge in [-0.25, -0.2) is 4.98 Å². The first kappa shape index (κ1) is 16.9. The van der Waals surface area contributed by atoms with E-state index in [2.05, 4.69) is 24.9 Å². The molecular formula is C16H17N5O4S. The first-order valence-electron chi connectivity index (χ1n) is 8.17. The molecule has 1 saturated heterocycles. The second-order valence-electron chi connectivity index (χ2n) is 6.20. The molecule has 4 rings (SSSR count). The molecule has 0 radical (unpaired) electrons. The number of carbonyl (C=O) groups is 1. The van der Waals surface area contributed by atoms with E-state index in [0.29, 0.717) is 36.7 Å². The molecule has 26 heavy (non-hydrogen) atoms. The van der Waals surface area contributed by atoms with Gasteiger partial charge in [0.25, 0.3) is 11.5 Å². The summed E-state index contributed by atoms with van der Waals surface area (Å²) >= 11 is 1.41. The summed E-state index contributed by atoms with van der Waals surface area (Å²) in [4.78, 5) is 31.4. The van der Waals surface area contributed by atoms with Crippen molar-refractivity contribution in [2.75, 3.05) is 13.1 Å². The van der Waals surface area contributed by atoms with Crippen molar-refractivity contribution in [1.29, 1.82) is 0 Å². The summed E-state index contributed by atoms with van der Waals surface area (Å²) < 4.78 is 6.18. The fourth-order valence-electron chi connectivity index (χ4n) is 3.06. The van der Waals surface area contributed by atoms with Crippen molar-refractivity contribution in [3.8, 4) is 0 Å². The second-order valence-corrected chi connectivity index (χ2v) is 7.07. The van der Waals surface area contributed by atoms with Crippen molar-refractivity contribution < 1.29 is 14.4 Å². The average molecular weight is 375 g/mol. The van der Waals surface area contributed by atoms with Crippen LogP contribution in [-0.2, 0) is 6.54 Å². The standard InChI is InChI=1S/C16H17N5O4S/c22-13-1-3-20(9-12(13)18-15(24)11-2-5-25-19-11)8-10-7-14(23)21-4-6-26-16(21)17-10/h2,4-7,12-13,22H,1,3,8-9H2,(H,18,24)/t12-,13+/m1/s1. The Morgan fingerprint density at radius 2 is 2.38 bits per heavy atom. The van der Waals surface area contributed by atoms with Crippen LogP contribution in [0, 0.1) is 0 Å². The second kappa shape index (κ2) is 6.98. The summed E-state index contributed by atoms with van der Waals surface area (Å²) in [6, 6.07) is 2.56. The monoisotopic (exact) mass is 375 g/mol. The SMILES string of the molecule is O=C(N[C@@H]1CN(Cc2cc(=O)n3ccsc3n2)CC[C@@H]1O)c1ccon1. The Kier molecular flexibility index (Phi) is 4.53. The first-order valence-corrected chi connectivity index (χ1v) is 9.05. The van der Waals surface area contributed by atoms with Crippen LogP contribution in [0.4, 0.5) is 0 Å². The third kappa shape index (κ3) is 3.39. The quantitative estimate of drug-likeness (QED) is 0.665. The van der Waals surface area contributed by atoms with Gasteiger partial charge in [-0.05, 0) is 6.42 Å². The third-order valence-corrected chi connectivity index (χ3v) is 5.15. The lowest BCUT2D eigenvalue weighted by molar-refractivity contribution is 0.0404. The van der Waals surface area contributed by atoms with E-state index >= 15 is 0 Å². The zero-order valence-corrected chi connectivity index (χ0v) is 14.6. The minimum Gasteiger partial charge on any atom is -0.391 e. The number of thiazole rings is 1. The van der Waals surface area contributed by atoms with Gasteiger partial charge in [-0.15, -0.1) is 11.3 Å². The van der Waals surface area contributed by atoms with E-state index < -0.39 is 12.1 Å². The Hall–Kier alpha value is -2.56. The predicted molar refractivity (Wildman–Crippen MR) is 93.0 cm³/mol. The van der Waals surface area contributed by atoms with Crippen LogP contribution in [-0.4, -0.2) is 55.7 Å². The van der Waals surface area contributed by atoms with Gasteiger partial charge >= 0.3 is 0 Å². The Morgan fingerprint density at radius 1 is 1.50 bits per heavy atom. The topological polar surface area (TPSA) is 113 Å². The first-order chi connectivity index (χ1) is 12.6. The van der Waals surface area contributed by atoms with Crippen molar-refractivity contribution in [3.05, 3.63) is 51.7 Å². The molecular weight excluding hydrogens is 358 g/mol. The molecule has 9 nitrogen and oxygen atoms in total. The highest BCUT2D eigenvalue weighted by molar-refractivity contribution is 7.15. The van der Waals surface area contributed by atoms with E-state index in [1.807, 2.05) is 5.38 Å². The number of carbonyl (C=O) groups excluding carboxylic acids is 1. The van der Waals surface area contributed by atoms with Crippen LogP contribution in [0.15, 0.2) is 39.3 Å². The number of fused-ring (bicyclic) bond motifs is 1. The zero-order chi connectivity index (χ0) is 18.1. The molecule has 10 heteroatoms. The molecule has 3 aromatic rings. The van der Waals surface area contributed by atoms with Crippen molar-refractivity contribution >= 4 is 22.2 Å². The van der Waals surface area contributed by atoms with Crippen LogP contribution in [0.5, 0.6) is 0 Å². The number of hydrogen-bond donors (Lipinski definition) is 2. The lowest BCUT2D eigenvalue weighted by atomic mass is 10.0. The van der Waals surface area contributed by atoms with Crippen molar-refractivity contribution in [1.82, 2.24) is 24.8 Å². The molecule has 2 atom stereocenters. The predicted octanol–water partition coefficient (Wildman–Crippen LogP) is 0.109. The largest absolute Gasteiger partial charge is 0.391 e. The van der Waals surface area contributed by atoms with Gasteiger partial charge in [-0.1, -0.05) is 5.16 Å². The fraction of sp³-hybridized carbons (Fsp3) is 0.375. The maximum atomic E-state index is 12.1. The molecule has 0 saturated carbocycles. The van der Waals surface area contributed by atoms with Gasteiger partial charge in [0.1, 0.15) is 6.26 Å². The van der Waals surface area contributed by atoms with E-state index in [0.717, 1.165) is 0 Å². The molecule has 0 unspecified atom stereocenters. The Morgan fingerprint density at radius 3 is 3.19 bits per heavy atom. The van der Waals surface area contributed by atoms with Gasteiger partial charge in [0.2, 0.25) is 0 Å². The summed E-state index contributed by atoms with van der Waals surface area (Å²) in [5, 5.41) is 18.4. The van der Waals surface area contributed by atoms with E-state index in [4.69, 9.17) is 0 Å². The number of aromatic nitrogens is 3. The van der Waals surface area contributed by atoms with Gasteiger partial charge in [0.15, 0.2) is 10.7 Å². The molecule has 0 spiro atoms. The fourth-order valence-corrected chi connectivity index (χ4v) is 3.80. The third-order valence-electron chi connectivity index (χ3n) is 4.39. The average Bonchev–Trinajstić information content (AvgIpc) is 3.29. The number of aliphatic hydroxyl groups is 1. The maximum Gasteiger partial charge on any atom is 0.273 e. The number of likely N-dealkylation sites (tertiary alicyclic amines) is 1. The molecule has 0 aromatic carbocycles. The molecule has 3 aromatic heterocycles. The molecule has 1 aliphatic rings. The van der Waals surface area contributed by atoms with Crippen molar-refractivity contribution in [2.45, 2.75) is 25.1 Å². The number of aliphatic hydroxyl groups excluding tert-OH is 1. The highest BCUT2D eigenvalue weighted by atomic mass is 32.1. The number of rotatable bonds is 4. The van der Waals surface area contributed by atoms with Crippen LogP contribution in [0.1, 0.15) is 22.6 Å². The molecule has 0 aliphatic carbocycles. The molecule has 1 fully saturated rings. The Labute approximate surface area is 151 Å². The minimum atomic E-state index is -0.638. The highest BCUT2D eigenvalue weighted by Gasteiger charge is 2.30. The maximum absolute atomic E-state index is 12.1. The zero-order valence-electron chi connectivity index (χ0n) is 13.7. The highest BCUT2D eigenvalue weighted by Crippen LogP contribution is 2.15. The lowest BCUT2D eigenvalue weighted by Crippen LogP contribution is -2.55. The molecule has 1 amide bonds. The molecule has 0 bridgehead atoms. The number of hydrogen-bond acceptors (Lipinski definition) is 8. The van der Waals surface area contributed by atoms with Crippen LogP contribution >= 0.6 is 11.3 Å². The summed E-state index contributed by atoms with van der Waals surface area (Å²) in [6.07, 6.45) is 2.90. The van der Waals surface area contributed by atoms with Crippen LogP contribution in [0.2, 0.25) is 0 Å². The molecule has 4 heterocycles.